The van der Waals surface area contributed by atoms with Gasteiger partial charge in [-0.15, -0.1) is 0 Å². The lowest BCUT2D eigenvalue weighted by Gasteiger charge is -2.07. The Labute approximate surface area is 118 Å². The molecular weight excluding hydrogens is 276 g/mol. The van der Waals surface area contributed by atoms with Gasteiger partial charge in [-0.3, -0.25) is 0 Å². The lowest BCUT2D eigenvalue weighted by Crippen LogP contribution is -2.05. The van der Waals surface area contributed by atoms with Crippen LogP contribution in [0.2, 0.25) is 0 Å². The van der Waals surface area contributed by atoms with Crippen LogP contribution < -0.4 is 9.47 Å². The zero-order valence-electron chi connectivity index (χ0n) is 11.4. The van der Waals surface area contributed by atoms with Gasteiger partial charge in [-0.1, -0.05) is 12.1 Å². The van der Waals surface area contributed by atoms with E-state index in [1.165, 1.54) is 0 Å². The average Bonchev–Trinajstić information content (AvgIpc) is 2.47. The normalized spacial score (nSPS) is 11.1. The molecule has 4 nitrogen and oxygen atoms in total. The van der Waals surface area contributed by atoms with Crippen LogP contribution in [0.5, 0.6) is 11.5 Å². The van der Waals surface area contributed by atoms with E-state index in [1.807, 2.05) is 0 Å². The van der Waals surface area contributed by atoms with Gasteiger partial charge in [0, 0.05) is 0 Å². The van der Waals surface area contributed by atoms with E-state index >= 15 is 0 Å². The molecule has 0 saturated carbocycles. The van der Waals surface area contributed by atoms with Crippen molar-refractivity contribution >= 4 is 9.84 Å². The van der Waals surface area contributed by atoms with E-state index in [0.29, 0.717) is 17.1 Å². The molecule has 0 aliphatic heterocycles. The van der Waals surface area contributed by atoms with E-state index < -0.39 is 9.84 Å². The molecule has 5 heteroatoms. The van der Waals surface area contributed by atoms with Crippen molar-refractivity contribution in [3.63, 3.8) is 0 Å². The minimum Gasteiger partial charge on any atom is -0.497 e. The molecule has 2 rings (SSSR count). The predicted molar refractivity (Wildman–Crippen MR) is 76.9 cm³/mol. The minimum absolute atomic E-state index is 0.0590. The van der Waals surface area contributed by atoms with Gasteiger partial charge in [0.05, 0.1) is 24.9 Å². The van der Waals surface area contributed by atoms with Gasteiger partial charge < -0.3 is 9.47 Å². The number of ether oxygens (including phenoxy) is 2. The van der Waals surface area contributed by atoms with Gasteiger partial charge in [0.15, 0.2) is 9.84 Å². The molecule has 0 atom stereocenters. The predicted octanol–water partition coefficient (Wildman–Crippen LogP) is 2.68. The molecule has 0 aromatic heterocycles. The Bertz CT molecular complexity index is 675. The van der Waals surface area contributed by atoms with E-state index in [0.717, 1.165) is 0 Å². The summed E-state index contributed by atoms with van der Waals surface area (Å²) in [5, 5.41) is 0. The summed E-state index contributed by atoms with van der Waals surface area (Å²) >= 11 is 0. The molecule has 20 heavy (non-hydrogen) atoms. The van der Waals surface area contributed by atoms with E-state index in [9.17, 15) is 8.42 Å². The van der Waals surface area contributed by atoms with E-state index in [-0.39, 0.29) is 10.6 Å². The van der Waals surface area contributed by atoms with Gasteiger partial charge in [0.25, 0.3) is 0 Å². The van der Waals surface area contributed by atoms with Crippen molar-refractivity contribution in [3.8, 4) is 11.5 Å². The number of benzene rings is 2. The summed E-state index contributed by atoms with van der Waals surface area (Å²) in [6, 6.07) is 13.4. The van der Waals surface area contributed by atoms with Crippen LogP contribution >= 0.6 is 0 Å². The van der Waals surface area contributed by atoms with Gasteiger partial charge in [0.1, 0.15) is 11.5 Å². The number of hydrogen-bond donors (Lipinski definition) is 0. The smallest absolute Gasteiger partial charge is 0.182 e. The highest BCUT2D eigenvalue weighted by Crippen LogP contribution is 2.21. The highest BCUT2D eigenvalue weighted by molar-refractivity contribution is 7.90. The topological polar surface area (TPSA) is 52.6 Å². The Morgan fingerprint density at radius 3 is 2.15 bits per heavy atom. The molecule has 0 aliphatic rings. The zero-order valence-corrected chi connectivity index (χ0v) is 12.2. The van der Waals surface area contributed by atoms with Crippen LogP contribution in [0, 0.1) is 0 Å². The van der Waals surface area contributed by atoms with Gasteiger partial charge in [0.2, 0.25) is 0 Å². The summed E-state index contributed by atoms with van der Waals surface area (Å²) in [5.41, 5.74) is 0.695. The maximum Gasteiger partial charge on any atom is 0.182 e. The van der Waals surface area contributed by atoms with E-state index in [4.69, 9.17) is 9.47 Å². The lowest BCUT2D eigenvalue weighted by molar-refractivity contribution is 0.414. The Hall–Kier alpha value is -2.01. The molecule has 0 aliphatic carbocycles. The molecule has 0 saturated heterocycles. The third kappa shape index (κ3) is 3.30. The van der Waals surface area contributed by atoms with Crippen molar-refractivity contribution in [2.24, 2.45) is 0 Å². The molecule has 0 radical (unpaired) electrons. The molecule has 0 N–H and O–H groups in total. The van der Waals surface area contributed by atoms with Crippen molar-refractivity contribution in [2.75, 3.05) is 14.2 Å². The second-order valence-corrected chi connectivity index (χ2v) is 6.28. The third-order valence-electron chi connectivity index (χ3n) is 2.91. The van der Waals surface area contributed by atoms with Crippen LogP contribution in [0.25, 0.3) is 0 Å². The Morgan fingerprint density at radius 1 is 0.900 bits per heavy atom. The number of rotatable bonds is 5. The molecule has 0 unspecified atom stereocenters. The second kappa shape index (κ2) is 5.96. The molecule has 0 spiro atoms. The van der Waals surface area contributed by atoms with E-state index in [1.54, 1.807) is 62.8 Å². The standard InChI is InChI=1S/C15H16O4S/c1-18-13-6-8-15(9-7-13)20(16,17)11-12-4-3-5-14(10-12)19-2/h3-10H,11H2,1-2H3. The van der Waals surface area contributed by atoms with Gasteiger partial charge in [-0.2, -0.15) is 0 Å². The number of hydrogen-bond acceptors (Lipinski definition) is 4. The SMILES string of the molecule is COc1ccc(S(=O)(=O)Cc2cccc(OC)c2)cc1. The molecule has 2 aromatic rings. The van der Waals surface area contributed by atoms with E-state index in [2.05, 4.69) is 0 Å². The van der Waals surface area contributed by atoms with Crippen molar-refractivity contribution < 1.29 is 17.9 Å². The van der Waals surface area contributed by atoms with Crippen LogP contribution in [0.1, 0.15) is 5.56 Å². The van der Waals surface area contributed by atoms with Crippen LogP contribution in [-0.4, -0.2) is 22.6 Å². The maximum absolute atomic E-state index is 12.3. The molecular formula is C15H16O4S. The fourth-order valence-electron chi connectivity index (χ4n) is 1.85. The number of sulfone groups is 1. The minimum atomic E-state index is -3.37. The van der Waals surface area contributed by atoms with Gasteiger partial charge in [-0.25, -0.2) is 8.42 Å². The molecule has 106 valence electrons. The molecule has 0 heterocycles. The summed E-state index contributed by atoms with van der Waals surface area (Å²) in [6.45, 7) is 0. The molecule has 2 aromatic carbocycles. The van der Waals surface area contributed by atoms with Crippen LogP contribution in [-0.2, 0) is 15.6 Å². The first-order valence-electron chi connectivity index (χ1n) is 6.05. The largest absolute Gasteiger partial charge is 0.497 e. The number of methoxy groups -OCH3 is 2. The average molecular weight is 292 g/mol. The first-order valence-corrected chi connectivity index (χ1v) is 7.70. The summed E-state index contributed by atoms with van der Waals surface area (Å²) in [7, 11) is -0.280. The van der Waals surface area contributed by atoms with Crippen molar-refractivity contribution in [1.29, 1.82) is 0 Å². The highest BCUT2D eigenvalue weighted by Gasteiger charge is 2.15. The summed E-state index contributed by atoms with van der Waals surface area (Å²) < 4.78 is 34.8. The Kier molecular flexibility index (Phi) is 4.29. The fourth-order valence-corrected chi connectivity index (χ4v) is 3.18. The van der Waals surface area contributed by atoms with Crippen LogP contribution in [0.15, 0.2) is 53.4 Å². The first kappa shape index (κ1) is 14.4. The van der Waals surface area contributed by atoms with Gasteiger partial charge >= 0.3 is 0 Å². The highest BCUT2D eigenvalue weighted by atomic mass is 32.2. The maximum atomic E-state index is 12.3. The molecule has 0 amide bonds. The summed E-state index contributed by atoms with van der Waals surface area (Å²) in [5.74, 6) is 1.22. The monoisotopic (exact) mass is 292 g/mol. The third-order valence-corrected chi connectivity index (χ3v) is 4.61. The van der Waals surface area contributed by atoms with Crippen molar-refractivity contribution in [1.82, 2.24) is 0 Å². The fraction of sp³-hybridized carbons (Fsp3) is 0.200. The Morgan fingerprint density at radius 2 is 1.55 bits per heavy atom. The van der Waals surface area contributed by atoms with Crippen LogP contribution in [0.3, 0.4) is 0 Å². The first-order chi connectivity index (χ1) is 9.55. The quantitative estimate of drug-likeness (QED) is 0.850. The van der Waals surface area contributed by atoms with Crippen molar-refractivity contribution in [2.45, 2.75) is 10.6 Å². The van der Waals surface area contributed by atoms with Crippen molar-refractivity contribution in [3.05, 3.63) is 54.1 Å². The molecule has 0 bridgehead atoms. The summed E-state index contributed by atoms with van der Waals surface area (Å²) in [4.78, 5) is 0.279. The summed E-state index contributed by atoms with van der Waals surface area (Å²) in [6.07, 6.45) is 0. The molecule has 0 fully saturated rings. The Balaban J connectivity index is 2.25. The zero-order chi connectivity index (χ0) is 14.6. The van der Waals surface area contributed by atoms with Crippen LogP contribution in [0.4, 0.5) is 0 Å². The second-order valence-electron chi connectivity index (χ2n) is 4.29. The van der Waals surface area contributed by atoms with Gasteiger partial charge in [-0.05, 0) is 42.0 Å². The lowest BCUT2D eigenvalue weighted by atomic mass is 10.2.